The molecule has 24 heavy (non-hydrogen) atoms. The van der Waals surface area contributed by atoms with E-state index in [0.29, 0.717) is 24.1 Å². The number of nitrogens with zero attached hydrogens (tertiary/aromatic N) is 1. The van der Waals surface area contributed by atoms with E-state index >= 15 is 0 Å². The first-order valence-corrected chi connectivity index (χ1v) is 11.4. The summed E-state index contributed by atoms with van der Waals surface area (Å²) in [6.07, 6.45) is 2.14. The van der Waals surface area contributed by atoms with Crippen LogP contribution in [-0.4, -0.2) is 52.6 Å². The quantitative estimate of drug-likeness (QED) is 0.823. The Morgan fingerprint density at radius 1 is 1.33 bits per heavy atom. The zero-order chi connectivity index (χ0) is 17.7. The Morgan fingerprint density at radius 3 is 2.62 bits per heavy atom. The second kappa shape index (κ2) is 5.73. The molecule has 7 nitrogen and oxygen atoms in total. The van der Waals surface area contributed by atoms with E-state index in [0.717, 1.165) is 5.56 Å². The highest BCUT2D eigenvalue weighted by atomic mass is 32.2. The Morgan fingerprint density at radius 2 is 2.04 bits per heavy atom. The largest absolute Gasteiger partial charge is 0.348 e. The van der Waals surface area contributed by atoms with Crippen LogP contribution in [0.15, 0.2) is 18.2 Å². The summed E-state index contributed by atoms with van der Waals surface area (Å²) in [5.41, 5.74) is 1.82. The second-order valence-corrected chi connectivity index (χ2v) is 10.6. The van der Waals surface area contributed by atoms with Gasteiger partial charge in [0.1, 0.15) is 0 Å². The average Bonchev–Trinajstić information content (AvgIpc) is 2.95. The highest BCUT2D eigenvalue weighted by Gasteiger charge is 2.33. The number of hydrogen-bond acceptors (Lipinski definition) is 5. The maximum absolute atomic E-state index is 12.3. The summed E-state index contributed by atoms with van der Waals surface area (Å²) in [6, 6.07) is 4.36. The topological polar surface area (TPSA) is 101 Å². The van der Waals surface area contributed by atoms with Crippen LogP contribution in [-0.2, 0) is 26.3 Å². The van der Waals surface area contributed by atoms with Crippen molar-refractivity contribution in [2.24, 2.45) is 0 Å². The van der Waals surface area contributed by atoms with E-state index in [2.05, 4.69) is 5.32 Å². The molecule has 1 fully saturated rings. The lowest BCUT2D eigenvalue weighted by Gasteiger charge is -2.22. The lowest BCUT2D eigenvalue weighted by atomic mass is 10.1. The lowest BCUT2D eigenvalue weighted by Crippen LogP contribution is -2.35. The van der Waals surface area contributed by atoms with E-state index in [1.54, 1.807) is 18.2 Å². The molecular weight excluding hydrogens is 352 g/mol. The van der Waals surface area contributed by atoms with E-state index in [-0.39, 0.29) is 29.5 Å². The van der Waals surface area contributed by atoms with Crippen LogP contribution in [0.2, 0.25) is 0 Å². The summed E-state index contributed by atoms with van der Waals surface area (Å²) in [4.78, 5) is 12.3. The molecule has 2 aliphatic heterocycles. The molecule has 0 saturated carbocycles. The molecule has 0 unspecified atom stereocenters. The van der Waals surface area contributed by atoms with Crippen LogP contribution in [0.1, 0.15) is 29.3 Å². The zero-order valence-electron chi connectivity index (χ0n) is 13.5. The number of carbonyl (C=O) groups is 1. The highest BCUT2D eigenvalue weighted by Crippen LogP contribution is 2.34. The number of sulfone groups is 1. The van der Waals surface area contributed by atoms with Crippen molar-refractivity contribution in [2.75, 3.05) is 22.1 Å². The summed E-state index contributed by atoms with van der Waals surface area (Å²) in [7, 11) is -6.42. The van der Waals surface area contributed by atoms with Crippen LogP contribution in [0.25, 0.3) is 0 Å². The predicted octanol–water partition coefficient (Wildman–Crippen LogP) is 0.314. The van der Waals surface area contributed by atoms with Gasteiger partial charge in [-0.05, 0) is 43.5 Å². The number of amides is 1. The van der Waals surface area contributed by atoms with E-state index in [9.17, 15) is 21.6 Å². The first-order valence-electron chi connectivity index (χ1n) is 7.70. The average molecular weight is 372 g/mol. The SMILES string of the molecule is C[C@@H]1Cc2cc(C(=O)N[C@H]3CCS(=O)(=O)C3)ccc2N1S(C)(=O)=O. The Balaban J connectivity index is 1.80. The molecule has 1 aromatic carbocycles. The van der Waals surface area contributed by atoms with Crippen molar-refractivity contribution in [2.45, 2.75) is 31.8 Å². The van der Waals surface area contributed by atoms with Crippen LogP contribution in [0.5, 0.6) is 0 Å². The van der Waals surface area contributed by atoms with Gasteiger partial charge in [0.2, 0.25) is 10.0 Å². The Kier molecular flexibility index (Phi) is 4.11. The molecule has 0 aliphatic carbocycles. The minimum Gasteiger partial charge on any atom is -0.348 e. The van der Waals surface area contributed by atoms with Crippen LogP contribution < -0.4 is 9.62 Å². The van der Waals surface area contributed by atoms with Crippen molar-refractivity contribution in [1.29, 1.82) is 0 Å². The van der Waals surface area contributed by atoms with Crippen molar-refractivity contribution in [3.05, 3.63) is 29.3 Å². The predicted molar refractivity (Wildman–Crippen MR) is 91.5 cm³/mol. The van der Waals surface area contributed by atoms with E-state index in [1.807, 2.05) is 6.92 Å². The number of benzene rings is 1. The van der Waals surface area contributed by atoms with Gasteiger partial charge in [0.05, 0.1) is 23.4 Å². The molecule has 2 heterocycles. The van der Waals surface area contributed by atoms with E-state index in [1.165, 1.54) is 10.6 Å². The lowest BCUT2D eigenvalue weighted by molar-refractivity contribution is 0.0941. The van der Waals surface area contributed by atoms with Gasteiger partial charge in [0.25, 0.3) is 5.91 Å². The van der Waals surface area contributed by atoms with Gasteiger partial charge in [-0.1, -0.05) is 0 Å². The van der Waals surface area contributed by atoms with Crippen LogP contribution in [0, 0.1) is 0 Å². The molecule has 3 rings (SSSR count). The fourth-order valence-corrected chi connectivity index (χ4v) is 6.36. The molecule has 9 heteroatoms. The summed E-state index contributed by atoms with van der Waals surface area (Å²) < 4.78 is 48.1. The van der Waals surface area contributed by atoms with Crippen LogP contribution in [0.3, 0.4) is 0 Å². The number of nitrogens with one attached hydrogen (secondary N) is 1. The van der Waals surface area contributed by atoms with Crippen molar-refractivity contribution < 1.29 is 21.6 Å². The normalized spacial score (nSPS) is 25.5. The van der Waals surface area contributed by atoms with Gasteiger partial charge in [-0.3, -0.25) is 9.10 Å². The fourth-order valence-electron chi connectivity index (χ4n) is 3.43. The third kappa shape index (κ3) is 3.27. The molecule has 2 aliphatic rings. The summed E-state index contributed by atoms with van der Waals surface area (Å²) in [6.45, 7) is 1.82. The number of rotatable bonds is 3. The molecule has 132 valence electrons. The minimum atomic E-state index is -3.36. The molecule has 1 N–H and O–H groups in total. The molecule has 0 radical (unpaired) electrons. The fraction of sp³-hybridized carbons (Fsp3) is 0.533. The molecule has 1 saturated heterocycles. The van der Waals surface area contributed by atoms with Crippen molar-refractivity contribution in [1.82, 2.24) is 5.32 Å². The van der Waals surface area contributed by atoms with E-state index in [4.69, 9.17) is 0 Å². The standard InChI is InChI=1S/C15H20N2O5S2/c1-10-7-12-8-11(3-4-14(12)17(10)23(2,19)20)15(18)16-13-5-6-24(21,22)9-13/h3-4,8,10,13H,5-7,9H2,1-2H3,(H,16,18)/t10-,13+/m1/s1. The van der Waals surface area contributed by atoms with Gasteiger partial charge in [-0.2, -0.15) is 0 Å². The molecule has 0 aromatic heterocycles. The first-order chi connectivity index (χ1) is 11.1. The zero-order valence-corrected chi connectivity index (χ0v) is 15.2. The maximum Gasteiger partial charge on any atom is 0.251 e. The second-order valence-electron chi connectivity index (χ2n) is 6.53. The van der Waals surface area contributed by atoms with Crippen LogP contribution in [0.4, 0.5) is 5.69 Å². The third-order valence-corrected chi connectivity index (χ3v) is 7.46. The molecule has 1 amide bonds. The first kappa shape index (κ1) is 17.2. The molecule has 0 bridgehead atoms. The smallest absolute Gasteiger partial charge is 0.251 e. The maximum atomic E-state index is 12.3. The number of anilines is 1. The van der Waals surface area contributed by atoms with Gasteiger partial charge in [0.15, 0.2) is 9.84 Å². The Hall–Kier alpha value is -1.61. The summed E-state index contributed by atoms with van der Waals surface area (Å²) in [5.74, 6) is -0.253. The third-order valence-electron chi connectivity index (χ3n) is 4.42. The van der Waals surface area contributed by atoms with Crippen molar-refractivity contribution >= 4 is 31.5 Å². The number of sulfonamides is 1. The Labute approximate surface area is 142 Å². The number of carbonyl (C=O) groups excluding carboxylic acids is 1. The highest BCUT2D eigenvalue weighted by molar-refractivity contribution is 7.92. The Bertz CT molecular complexity index is 892. The van der Waals surface area contributed by atoms with E-state index < -0.39 is 19.9 Å². The van der Waals surface area contributed by atoms with Gasteiger partial charge < -0.3 is 5.32 Å². The van der Waals surface area contributed by atoms with Gasteiger partial charge >= 0.3 is 0 Å². The van der Waals surface area contributed by atoms with Gasteiger partial charge in [0, 0.05) is 17.6 Å². The summed E-state index contributed by atoms with van der Waals surface area (Å²) >= 11 is 0. The molecule has 0 spiro atoms. The molecular formula is C15H20N2O5S2. The number of fused-ring (bicyclic) bond motifs is 1. The monoisotopic (exact) mass is 372 g/mol. The molecule has 1 aromatic rings. The number of hydrogen-bond donors (Lipinski definition) is 1. The van der Waals surface area contributed by atoms with Gasteiger partial charge in [-0.25, -0.2) is 16.8 Å². The summed E-state index contributed by atoms with van der Waals surface area (Å²) in [5, 5.41) is 2.74. The minimum absolute atomic E-state index is 0.0252. The van der Waals surface area contributed by atoms with Crippen LogP contribution >= 0.6 is 0 Å². The van der Waals surface area contributed by atoms with Crippen molar-refractivity contribution in [3.63, 3.8) is 0 Å². The van der Waals surface area contributed by atoms with Gasteiger partial charge in [-0.15, -0.1) is 0 Å². The molecule has 2 atom stereocenters. The van der Waals surface area contributed by atoms with Crippen molar-refractivity contribution in [3.8, 4) is 0 Å².